The van der Waals surface area contributed by atoms with Crippen molar-refractivity contribution in [2.75, 3.05) is 6.61 Å². The lowest BCUT2D eigenvalue weighted by Gasteiger charge is -2.29. The number of allylic oxidation sites excluding steroid dienone is 5. The highest BCUT2D eigenvalue weighted by atomic mass is 16.8. The van der Waals surface area contributed by atoms with E-state index >= 15 is 0 Å². The van der Waals surface area contributed by atoms with Gasteiger partial charge in [-0.25, -0.2) is 4.79 Å². The summed E-state index contributed by atoms with van der Waals surface area (Å²) in [5, 5.41) is 0. The van der Waals surface area contributed by atoms with Crippen molar-refractivity contribution in [3.05, 3.63) is 34.9 Å². The van der Waals surface area contributed by atoms with E-state index in [0.29, 0.717) is 18.9 Å². The fraction of sp³-hybridized carbons (Fsp3) is 0.720. The zero-order chi connectivity index (χ0) is 21.7. The van der Waals surface area contributed by atoms with Gasteiger partial charge in [0.2, 0.25) is 0 Å². The number of carbonyl (C=O) groups excluding carboxylic acids is 1. The largest absolute Gasteiger partial charge is 0.463 e. The predicted octanol–water partition coefficient (Wildman–Crippen LogP) is 6.27. The Balaban J connectivity index is 2.33. The monoisotopic (exact) mass is 404 g/mol. The molecule has 2 aliphatic rings. The van der Waals surface area contributed by atoms with Gasteiger partial charge in [0, 0.05) is 5.57 Å². The van der Waals surface area contributed by atoms with E-state index in [2.05, 4.69) is 45.9 Å². The highest BCUT2D eigenvalue weighted by Crippen LogP contribution is 2.42. The van der Waals surface area contributed by atoms with Gasteiger partial charge in [-0.15, -0.1) is 0 Å². The Labute approximate surface area is 177 Å². The number of esters is 1. The summed E-state index contributed by atoms with van der Waals surface area (Å²) in [5.74, 6) is -0.324. The topological polar surface area (TPSA) is 44.8 Å². The van der Waals surface area contributed by atoms with E-state index in [4.69, 9.17) is 14.2 Å². The molecule has 0 radical (unpaired) electrons. The molecule has 164 valence electrons. The Morgan fingerprint density at radius 2 is 1.93 bits per heavy atom. The molecule has 0 aromatic carbocycles. The summed E-state index contributed by atoms with van der Waals surface area (Å²) in [5.41, 5.74) is 3.12. The van der Waals surface area contributed by atoms with Gasteiger partial charge in [0.05, 0.1) is 18.3 Å². The Morgan fingerprint density at radius 3 is 2.59 bits per heavy atom. The molecule has 2 atom stereocenters. The molecule has 0 aromatic rings. The highest BCUT2D eigenvalue weighted by molar-refractivity contribution is 5.88. The minimum Gasteiger partial charge on any atom is -0.463 e. The standard InChI is InChI=1S/C25H40O4/c1-8-27-23(26)21-10-9-17-25(7)22(28-24(5,6)29-25)16-12-19(4)11-13-20(14-15-21)18(2)3/h10-11,13,18,22H,8-9,12,14-17H2,1-7H3/b19-11+,20-13-,21-10-/t22-,25-/m0/s1. The lowest BCUT2D eigenvalue weighted by Crippen LogP contribution is -2.37. The van der Waals surface area contributed by atoms with E-state index in [-0.39, 0.29) is 17.7 Å². The molecule has 4 heteroatoms. The Morgan fingerprint density at radius 1 is 1.21 bits per heavy atom. The first-order valence-electron chi connectivity index (χ1n) is 11.2. The third-order valence-electron chi connectivity index (χ3n) is 5.96. The van der Waals surface area contributed by atoms with E-state index < -0.39 is 5.79 Å². The summed E-state index contributed by atoms with van der Waals surface area (Å²) < 4.78 is 17.9. The van der Waals surface area contributed by atoms with Crippen LogP contribution in [0.3, 0.4) is 0 Å². The second-order valence-corrected chi connectivity index (χ2v) is 9.36. The first-order chi connectivity index (χ1) is 13.6. The van der Waals surface area contributed by atoms with Crippen molar-refractivity contribution in [2.45, 2.75) is 104 Å². The summed E-state index contributed by atoms with van der Waals surface area (Å²) >= 11 is 0. The summed E-state index contributed by atoms with van der Waals surface area (Å²) in [6.07, 6.45) is 11.7. The Kier molecular flexibility index (Phi) is 8.30. The summed E-state index contributed by atoms with van der Waals surface area (Å²) in [4.78, 5) is 12.5. The van der Waals surface area contributed by atoms with Gasteiger partial charge in [-0.3, -0.25) is 0 Å². The van der Waals surface area contributed by atoms with Crippen molar-refractivity contribution in [3.63, 3.8) is 0 Å². The number of carbonyl (C=O) groups is 1. The molecule has 0 N–H and O–H groups in total. The second-order valence-electron chi connectivity index (χ2n) is 9.36. The fourth-order valence-electron chi connectivity index (χ4n) is 4.27. The van der Waals surface area contributed by atoms with E-state index in [1.165, 1.54) is 11.1 Å². The molecule has 0 unspecified atom stereocenters. The molecule has 0 bridgehead atoms. The Bertz CT molecular complexity index is 668. The number of hydrogen-bond acceptors (Lipinski definition) is 4. The normalized spacial score (nSPS) is 34.1. The van der Waals surface area contributed by atoms with Crippen LogP contribution in [0.5, 0.6) is 0 Å². The molecule has 1 fully saturated rings. The molecule has 0 amide bonds. The molecule has 1 saturated heterocycles. The predicted molar refractivity (Wildman–Crippen MR) is 118 cm³/mol. The van der Waals surface area contributed by atoms with Gasteiger partial charge < -0.3 is 14.2 Å². The quantitative estimate of drug-likeness (QED) is 0.520. The van der Waals surface area contributed by atoms with Crippen molar-refractivity contribution in [1.29, 1.82) is 0 Å². The molecule has 0 aromatic heterocycles. The van der Waals surface area contributed by atoms with Crippen LogP contribution >= 0.6 is 0 Å². The van der Waals surface area contributed by atoms with Gasteiger partial charge in [-0.1, -0.05) is 43.2 Å². The van der Waals surface area contributed by atoms with Crippen LogP contribution in [0.2, 0.25) is 0 Å². The first-order valence-corrected chi connectivity index (χ1v) is 11.2. The zero-order valence-corrected chi connectivity index (χ0v) is 19.5. The van der Waals surface area contributed by atoms with E-state index in [0.717, 1.165) is 37.7 Å². The Hall–Kier alpha value is -1.39. The summed E-state index contributed by atoms with van der Waals surface area (Å²) in [6.45, 7) is 15.0. The van der Waals surface area contributed by atoms with Crippen molar-refractivity contribution < 1.29 is 19.0 Å². The maximum Gasteiger partial charge on any atom is 0.333 e. The number of fused-ring (bicyclic) bond motifs is 1. The molecule has 29 heavy (non-hydrogen) atoms. The molecular weight excluding hydrogens is 364 g/mol. The lowest BCUT2D eigenvalue weighted by molar-refractivity contribution is -0.161. The van der Waals surface area contributed by atoms with Gasteiger partial charge in [-0.05, 0) is 79.1 Å². The molecule has 1 aliphatic heterocycles. The van der Waals surface area contributed by atoms with Crippen molar-refractivity contribution in [3.8, 4) is 0 Å². The number of rotatable bonds is 3. The van der Waals surface area contributed by atoms with E-state index in [1.807, 2.05) is 20.8 Å². The molecule has 1 heterocycles. The summed E-state index contributed by atoms with van der Waals surface area (Å²) in [6, 6.07) is 0. The van der Waals surface area contributed by atoms with Crippen LogP contribution in [-0.4, -0.2) is 30.1 Å². The van der Waals surface area contributed by atoms with Crippen molar-refractivity contribution >= 4 is 5.97 Å². The van der Waals surface area contributed by atoms with Crippen LogP contribution in [0, 0.1) is 5.92 Å². The van der Waals surface area contributed by atoms with Crippen LogP contribution < -0.4 is 0 Å². The third-order valence-corrected chi connectivity index (χ3v) is 5.96. The lowest BCUT2D eigenvalue weighted by atomic mass is 9.88. The molecule has 0 saturated carbocycles. The maximum absolute atomic E-state index is 12.5. The van der Waals surface area contributed by atoms with Gasteiger partial charge in [0.1, 0.15) is 0 Å². The fourth-order valence-corrected chi connectivity index (χ4v) is 4.27. The van der Waals surface area contributed by atoms with Crippen LogP contribution in [0.4, 0.5) is 0 Å². The number of ether oxygens (including phenoxy) is 3. The third kappa shape index (κ3) is 6.82. The zero-order valence-electron chi connectivity index (χ0n) is 19.5. The molecule has 1 aliphatic carbocycles. The summed E-state index contributed by atoms with van der Waals surface area (Å²) in [7, 11) is 0. The molecular formula is C25H40O4. The second kappa shape index (κ2) is 10.1. The van der Waals surface area contributed by atoms with Gasteiger partial charge in [-0.2, -0.15) is 0 Å². The van der Waals surface area contributed by atoms with Crippen LogP contribution in [0.1, 0.15) is 87.0 Å². The minimum atomic E-state index is -0.580. The molecule has 2 rings (SSSR count). The first kappa shape index (κ1) is 23.9. The maximum atomic E-state index is 12.5. The van der Waals surface area contributed by atoms with E-state index in [9.17, 15) is 4.79 Å². The van der Waals surface area contributed by atoms with Crippen LogP contribution in [-0.2, 0) is 19.0 Å². The van der Waals surface area contributed by atoms with E-state index in [1.54, 1.807) is 0 Å². The van der Waals surface area contributed by atoms with Crippen molar-refractivity contribution in [1.82, 2.24) is 0 Å². The van der Waals surface area contributed by atoms with Gasteiger partial charge in [0.25, 0.3) is 0 Å². The van der Waals surface area contributed by atoms with Gasteiger partial charge in [0.15, 0.2) is 5.79 Å². The molecule has 0 spiro atoms. The van der Waals surface area contributed by atoms with Crippen molar-refractivity contribution in [2.24, 2.45) is 5.92 Å². The average Bonchev–Trinajstić information content (AvgIpc) is 2.85. The number of hydrogen-bond donors (Lipinski definition) is 0. The smallest absolute Gasteiger partial charge is 0.333 e. The van der Waals surface area contributed by atoms with Crippen LogP contribution in [0.15, 0.2) is 34.9 Å². The SMILES string of the molecule is CCOC(=O)/C1=C\CC[C@]2(C)OC(C)(C)O[C@H]2CC/C(C)=C/C=C(\C(C)C)CC1. The molecule has 4 nitrogen and oxygen atoms in total. The average molecular weight is 405 g/mol. The van der Waals surface area contributed by atoms with Gasteiger partial charge >= 0.3 is 5.97 Å². The minimum absolute atomic E-state index is 0.0387. The van der Waals surface area contributed by atoms with Crippen LogP contribution in [0.25, 0.3) is 0 Å². The highest BCUT2D eigenvalue weighted by Gasteiger charge is 2.49.